The second kappa shape index (κ2) is 7.77. The molecule has 2 aliphatic rings. The third-order valence-corrected chi connectivity index (χ3v) is 4.68. The summed E-state index contributed by atoms with van der Waals surface area (Å²) in [6.45, 7) is 2.48. The zero-order valence-corrected chi connectivity index (χ0v) is 13.5. The fourth-order valence-electron chi connectivity index (χ4n) is 3.47. The predicted molar refractivity (Wildman–Crippen MR) is 88.0 cm³/mol. The molecule has 2 fully saturated rings. The quantitative estimate of drug-likeness (QED) is 0.907. The van der Waals surface area contributed by atoms with E-state index in [1.807, 2.05) is 6.07 Å². The van der Waals surface area contributed by atoms with E-state index in [0.717, 1.165) is 57.5 Å². The molecular formula is C18H25FN2O2. The van der Waals surface area contributed by atoms with Crippen molar-refractivity contribution in [1.29, 1.82) is 0 Å². The van der Waals surface area contributed by atoms with Gasteiger partial charge in [0.05, 0.1) is 6.10 Å². The van der Waals surface area contributed by atoms with Crippen molar-refractivity contribution < 1.29 is 13.9 Å². The second-order valence-electron chi connectivity index (χ2n) is 6.51. The first-order valence-electron chi connectivity index (χ1n) is 8.62. The zero-order chi connectivity index (χ0) is 16.1. The number of hydrogen-bond donors (Lipinski definition) is 1. The lowest BCUT2D eigenvalue weighted by Gasteiger charge is -2.34. The van der Waals surface area contributed by atoms with Crippen molar-refractivity contribution in [3.8, 4) is 0 Å². The molecule has 23 heavy (non-hydrogen) atoms. The highest BCUT2D eigenvalue weighted by Gasteiger charge is 2.23. The van der Waals surface area contributed by atoms with E-state index < -0.39 is 0 Å². The van der Waals surface area contributed by atoms with Crippen LogP contribution in [0.25, 0.3) is 0 Å². The number of carbonyl (C=O) groups excluding carboxylic acids is 1. The molecule has 1 aromatic carbocycles. The number of amides is 1. The van der Waals surface area contributed by atoms with Gasteiger partial charge in [-0.3, -0.25) is 4.79 Å². The van der Waals surface area contributed by atoms with Crippen molar-refractivity contribution in [2.24, 2.45) is 0 Å². The van der Waals surface area contributed by atoms with Gasteiger partial charge in [0, 0.05) is 37.8 Å². The maximum atomic E-state index is 13.4. The van der Waals surface area contributed by atoms with Crippen LogP contribution in [0.2, 0.25) is 0 Å². The van der Waals surface area contributed by atoms with Crippen molar-refractivity contribution in [3.63, 3.8) is 0 Å². The van der Waals surface area contributed by atoms with Crippen LogP contribution in [0.1, 0.15) is 38.5 Å². The number of halogens is 1. The summed E-state index contributed by atoms with van der Waals surface area (Å²) < 4.78 is 18.9. The first kappa shape index (κ1) is 16.2. The molecule has 0 aromatic heterocycles. The van der Waals surface area contributed by atoms with Gasteiger partial charge in [-0.1, -0.05) is 6.07 Å². The Morgan fingerprint density at radius 3 is 3.04 bits per heavy atom. The summed E-state index contributed by atoms with van der Waals surface area (Å²) in [5, 5.41) is 3.13. The first-order valence-corrected chi connectivity index (χ1v) is 8.62. The highest BCUT2D eigenvalue weighted by molar-refractivity contribution is 5.76. The van der Waals surface area contributed by atoms with E-state index in [1.54, 1.807) is 12.1 Å². The van der Waals surface area contributed by atoms with Crippen LogP contribution in [-0.2, 0) is 9.53 Å². The van der Waals surface area contributed by atoms with Crippen LogP contribution < -0.4 is 10.2 Å². The monoisotopic (exact) mass is 320 g/mol. The summed E-state index contributed by atoms with van der Waals surface area (Å²) in [7, 11) is 0. The van der Waals surface area contributed by atoms with Gasteiger partial charge in [0.15, 0.2) is 0 Å². The number of piperidine rings is 1. The highest BCUT2D eigenvalue weighted by atomic mass is 19.1. The number of nitrogens with one attached hydrogen (secondary N) is 1. The molecule has 1 N–H and O–H groups in total. The van der Waals surface area contributed by atoms with E-state index in [1.165, 1.54) is 6.07 Å². The summed E-state index contributed by atoms with van der Waals surface area (Å²) in [5.74, 6) is -0.114. The Bertz CT molecular complexity index is 532. The Morgan fingerprint density at radius 2 is 2.26 bits per heavy atom. The molecule has 2 aliphatic heterocycles. The molecule has 0 spiro atoms. The topological polar surface area (TPSA) is 41.6 Å². The zero-order valence-electron chi connectivity index (χ0n) is 13.5. The summed E-state index contributed by atoms with van der Waals surface area (Å²) in [6, 6.07) is 6.81. The molecule has 5 heteroatoms. The number of ether oxygens (including phenoxy) is 1. The minimum Gasteiger partial charge on any atom is -0.378 e. The Hall–Kier alpha value is -1.62. The average molecular weight is 320 g/mol. The van der Waals surface area contributed by atoms with Crippen LogP contribution in [-0.4, -0.2) is 37.7 Å². The van der Waals surface area contributed by atoms with Gasteiger partial charge < -0.3 is 15.0 Å². The van der Waals surface area contributed by atoms with E-state index >= 15 is 0 Å². The normalized spacial score (nSPS) is 24.7. The Morgan fingerprint density at radius 1 is 1.35 bits per heavy atom. The lowest BCUT2D eigenvalue weighted by Crippen LogP contribution is -2.47. The fourth-order valence-corrected chi connectivity index (χ4v) is 3.47. The van der Waals surface area contributed by atoms with E-state index in [-0.39, 0.29) is 23.9 Å². The molecule has 3 rings (SSSR count). The van der Waals surface area contributed by atoms with Crippen molar-refractivity contribution in [3.05, 3.63) is 30.1 Å². The lowest BCUT2D eigenvalue weighted by atomic mass is 10.0. The minimum atomic E-state index is -0.217. The maximum absolute atomic E-state index is 13.4. The van der Waals surface area contributed by atoms with Crippen molar-refractivity contribution in [2.75, 3.05) is 24.6 Å². The SMILES string of the molecule is O=C(CC[C@@H]1CCCO1)N[C@@H]1CCCN(c2cccc(F)c2)C1. The third kappa shape index (κ3) is 4.67. The molecule has 0 aliphatic carbocycles. The molecule has 0 unspecified atom stereocenters. The number of rotatable bonds is 5. The molecule has 0 radical (unpaired) electrons. The molecule has 4 nitrogen and oxygen atoms in total. The van der Waals surface area contributed by atoms with Gasteiger partial charge >= 0.3 is 0 Å². The summed E-state index contributed by atoms with van der Waals surface area (Å²) >= 11 is 0. The van der Waals surface area contributed by atoms with Crippen LogP contribution in [0.4, 0.5) is 10.1 Å². The molecule has 1 aromatic rings. The second-order valence-corrected chi connectivity index (χ2v) is 6.51. The van der Waals surface area contributed by atoms with E-state index in [0.29, 0.717) is 6.42 Å². The predicted octanol–water partition coefficient (Wildman–Crippen LogP) is 2.87. The molecule has 2 heterocycles. The number of hydrogen-bond acceptors (Lipinski definition) is 3. The summed E-state index contributed by atoms with van der Waals surface area (Å²) in [4.78, 5) is 14.3. The Kier molecular flexibility index (Phi) is 5.49. The maximum Gasteiger partial charge on any atom is 0.220 e. The van der Waals surface area contributed by atoms with Crippen LogP contribution >= 0.6 is 0 Å². The number of anilines is 1. The first-order chi connectivity index (χ1) is 11.2. The smallest absolute Gasteiger partial charge is 0.220 e. The van der Waals surface area contributed by atoms with E-state index in [4.69, 9.17) is 4.74 Å². The molecular weight excluding hydrogens is 295 g/mol. The van der Waals surface area contributed by atoms with Crippen LogP contribution in [0.15, 0.2) is 24.3 Å². The highest BCUT2D eigenvalue weighted by Crippen LogP contribution is 2.21. The Labute approximate surface area is 137 Å². The van der Waals surface area contributed by atoms with Gasteiger partial charge in [-0.05, 0) is 50.3 Å². The third-order valence-electron chi connectivity index (χ3n) is 4.68. The largest absolute Gasteiger partial charge is 0.378 e. The van der Waals surface area contributed by atoms with Crippen LogP contribution in [0.5, 0.6) is 0 Å². The van der Waals surface area contributed by atoms with Crippen LogP contribution in [0, 0.1) is 5.82 Å². The Balaban J connectivity index is 1.47. The number of nitrogens with zero attached hydrogens (tertiary/aromatic N) is 1. The summed E-state index contributed by atoms with van der Waals surface area (Å²) in [5.41, 5.74) is 0.892. The fraction of sp³-hybridized carbons (Fsp3) is 0.611. The standard InChI is InChI=1S/C18H25FN2O2/c19-14-4-1-6-16(12-14)21-10-2-5-15(13-21)20-18(22)9-8-17-7-3-11-23-17/h1,4,6,12,15,17H,2-3,5,7-11,13H2,(H,20,22)/t15-,17+/m1/s1. The lowest BCUT2D eigenvalue weighted by molar-refractivity contribution is -0.122. The van der Waals surface area contributed by atoms with Crippen molar-refractivity contribution in [2.45, 2.75) is 50.7 Å². The van der Waals surface area contributed by atoms with Gasteiger partial charge in [-0.15, -0.1) is 0 Å². The minimum absolute atomic E-state index is 0.103. The van der Waals surface area contributed by atoms with Gasteiger partial charge in [0.25, 0.3) is 0 Å². The van der Waals surface area contributed by atoms with E-state index in [9.17, 15) is 9.18 Å². The van der Waals surface area contributed by atoms with Crippen molar-refractivity contribution >= 4 is 11.6 Å². The van der Waals surface area contributed by atoms with Gasteiger partial charge in [-0.2, -0.15) is 0 Å². The molecule has 126 valence electrons. The van der Waals surface area contributed by atoms with Gasteiger partial charge in [0.2, 0.25) is 5.91 Å². The molecule has 2 atom stereocenters. The number of carbonyl (C=O) groups is 1. The molecule has 0 saturated carbocycles. The van der Waals surface area contributed by atoms with Gasteiger partial charge in [-0.25, -0.2) is 4.39 Å². The average Bonchev–Trinajstić information content (AvgIpc) is 3.07. The van der Waals surface area contributed by atoms with Gasteiger partial charge in [0.1, 0.15) is 5.82 Å². The van der Waals surface area contributed by atoms with E-state index in [2.05, 4.69) is 10.2 Å². The molecule has 1 amide bonds. The van der Waals surface area contributed by atoms with Crippen LogP contribution in [0.3, 0.4) is 0 Å². The number of benzene rings is 1. The molecule has 2 saturated heterocycles. The van der Waals surface area contributed by atoms with Crippen molar-refractivity contribution in [1.82, 2.24) is 5.32 Å². The summed E-state index contributed by atoms with van der Waals surface area (Å²) in [6.07, 6.45) is 5.77. The molecule has 0 bridgehead atoms.